The fourth-order valence-corrected chi connectivity index (χ4v) is 1.95. The normalized spacial score (nSPS) is 10.2. The molecule has 0 bridgehead atoms. The average molecular weight is 324 g/mol. The molecule has 0 radical (unpaired) electrons. The Morgan fingerprint density at radius 3 is 2.71 bits per heavy atom. The molecule has 0 saturated heterocycles. The fraction of sp³-hybridized carbons (Fsp3) is 0.154. The highest BCUT2D eigenvalue weighted by molar-refractivity contribution is 6.42. The maximum Gasteiger partial charge on any atom is 0.356 e. The molecule has 2 rings (SSSR count). The van der Waals surface area contributed by atoms with Crippen molar-refractivity contribution in [3.63, 3.8) is 0 Å². The summed E-state index contributed by atoms with van der Waals surface area (Å²) in [5.74, 6) is 2.96. The quantitative estimate of drug-likeness (QED) is 0.510. The highest BCUT2D eigenvalue weighted by atomic mass is 35.5. The Hall–Kier alpha value is -2.07. The molecule has 0 amide bonds. The van der Waals surface area contributed by atoms with Crippen LogP contribution in [0.5, 0.6) is 0 Å². The van der Waals surface area contributed by atoms with Gasteiger partial charge in [-0.15, -0.1) is 6.42 Å². The van der Waals surface area contributed by atoms with Crippen molar-refractivity contribution in [1.29, 1.82) is 0 Å². The summed E-state index contributed by atoms with van der Waals surface area (Å²) >= 11 is 11.8. The van der Waals surface area contributed by atoms with Gasteiger partial charge >= 0.3 is 5.69 Å². The van der Waals surface area contributed by atoms with Crippen molar-refractivity contribution in [3.8, 4) is 18.0 Å². The van der Waals surface area contributed by atoms with E-state index in [0.29, 0.717) is 21.6 Å². The zero-order chi connectivity index (χ0) is 15.4. The van der Waals surface area contributed by atoms with E-state index in [1.54, 1.807) is 25.1 Å². The van der Waals surface area contributed by atoms with E-state index in [1.165, 1.54) is 4.57 Å². The number of anilines is 1. The molecule has 0 saturated carbocycles. The molecular weight excluding hydrogens is 313 g/mol. The van der Waals surface area contributed by atoms with Crippen LogP contribution in [0.1, 0.15) is 5.82 Å². The Kier molecular flexibility index (Phi) is 4.81. The highest BCUT2D eigenvalue weighted by Crippen LogP contribution is 2.24. The minimum atomic E-state index is -0.495. The Labute approximate surface area is 131 Å². The number of nitrogens with zero attached hydrogens (tertiary/aromatic N) is 3. The van der Waals surface area contributed by atoms with E-state index in [1.807, 2.05) is 0 Å². The van der Waals surface area contributed by atoms with Crippen LogP contribution in [-0.2, 0) is 0 Å². The topological polar surface area (TPSA) is 71.8 Å². The first-order valence-corrected chi connectivity index (χ1v) is 6.64. The molecule has 2 N–H and O–H groups in total. The van der Waals surface area contributed by atoms with Crippen molar-refractivity contribution in [1.82, 2.24) is 20.0 Å². The van der Waals surface area contributed by atoms with Crippen LogP contribution >= 0.6 is 23.2 Å². The predicted octanol–water partition coefficient (Wildman–Crippen LogP) is 1.79. The van der Waals surface area contributed by atoms with Crippen LogP contribution in [-0.4, -0.2) is 21.1 Å². The molecule has 6 nitrogen and oxygen atoms in total. The Bertz CT molecular complexity index is 766. The first-order chi connectivity index (χ1) is 10.0. The van der Waals surface area contributed by atoms with Crippen molar-refractivity contribution in [3.05, 3.63) is 44.6 Å². The first kappa shape index (κ1) is 15.3. The third kappa shape index (κ3) is 3.52. The summed E-state index contributed by atoms with van der Waals surface area (Å²) in [6.45, 7) is 1.95. The third-order valence-corrected chi connectivity index (χ3v) is 3.28. The maximum absolute atomic E-state index is 12.1. The number of terminal acetylenes is 1. The number of nitrogens with one attached hydrogen (secondary N) is 2. The second kappa shape index (κ2) is 6.59. The van der Waals surface area contributed by atoms with Gasteiger partial charge in [0.15, 0.2) is 0 Å². The van der Waals surface area contributed by atoms with Gasteiger partial charge in [-0.1, -0.05) is 29.1 Å². The van der Waals surface area contributed by atoms with Crippen molar-refractivity contribution < 1.29 is 0 Å². The summed E-state index contributed by atoms with van der Waals surface area (Å²) in [7, 11) is 0. The van der Waals surface area contributed by atoms with Crippen molar-refractivity contribution in [2.45, 2.75) is 6.92 Å². The van der Waals surface area contributed by atoms with Crippen LogP contribution in [0, 0.1) is 19.3 Å². The SMILES string of the molecule is C#CCNNc1nc(C)n(-c2ccc(Cl)c(Cl)c2)c(=O)n1. The van der Waals surface area contributed by atoms with Crippen LogP contribution in [0.15, 0.2) is 23.0 Å². The van der Waals surface area contributed by atoms with E-state index in [-0.39, 0.29) is 12.5 Å². The molecular formula is C13H11Cl2N5O. The Morgan fingerprint density at radius 2 is 2.10 bits per heavy atom. The molecule has 108 valence electrons. The van der Waals surface area contributed by atoms with Crippen molar-refractivity contribution in [2.75, 3.05) is 12.0 Å². The van der Waals surface area contributed by atoms with Crippen LogP contribution in [0.25, 0.3) is 5.69 Å². The van der Waals surface area contributed by atoms with E-state index in [0.717, 1.165) is 0 Å². The minimum Gasteiger partial charge on any atom is -0.289 e. The van der Waals surface area contributed by atoms with Gasteiger partial charge in [-0.2, -0.15) is 9.97 Å². The van der Waals surface area contributed by atoms with Gasteiger partial charge in [0.25, 0.3) is 0 Å². The lowest BCUT2D eigenvalue weighted by atomic mass is 10.3. The van der Waals surface area contributed by atoms with Gasteiger partial charge in [0, 0.05) is 0 Å². The number of halogens is 2. The molecule has 0 aliphatic carbocycles. The van der Waals surface area contributed by atoms with Crippen LogP contribution in [0.3, 0.4) is 0 Å². The predicted molar refractivity (Wildman–Crippen MR) is 82.8 cm³/mol. The molecule has 0 aliphatic rings. The number of aromatic nitrogens is 3. The molecule has 21 heavy (non-hydrogen) atoms. The smallest absolute Gasteiger partial charge is 0.289 e. The van der Waals surface area contributed by atoms with E-state index in [2.05, 4.69) is 26.7 Å². The van der Waals surface area contributed by atoms with Crippen LogP contribution in [0.4, 0.5) is 5.95 Å². The van der Waals surface area contributed by atoms with Gasteiger partial charge in [-0.25, -0.2) is 14.8 Å². The monoisotopic (exact) mass is 323 g/mol. The lowest BCUT2D eigenvalue weighted by molar-refractivity contribution is 0.787. The number of benzene rings is 1. The number of hydrogen-bond acceptors (Lipinski definition) is 5. The number of hydrazine groups is 1. The van der Waals surface area contributed by atoms with Crippen molar-refractivity contribution in [2.24, 2.45) is 0 Å². The molecule has 2 aromatic rings. The number of aryl methyl sites for hydroxylation is 1. The molecule has 0 fully saturated rings. The second-order valence-electron chi connectivity index (χ2n) is 3.99. The van der Waals surface area contributed by atoms with Crippen LogP contribution < -0.4 is 16.5 Å². The highest BCUT2D eigenvalue weighted by Gasteiger charge is 2.10. The largest absolute Gasteiger partial charge is 0.356 e. The molecule has 0 atom stereocenters. The first-order valence-electron chi connectivity index (χ1n) is 5.88. The molecule has 0 unspecified atom stereocenters. The summed E-state index contributed by atoms with van der Waals surface area (Å²) in [4.78, 5) is 20.1. The van der Waals surface area contributed by atoms with Gasteiger partial charge in [0.1, 0.15) is 5.82 Å². The standard InChI is InChI=1S/C13H11Cl2N5O/c1-3-6-16-19-12-17-8(2)20(13(21)18-12)9-4-5-10(14)11(15)7-9/h1,4-5,7,16H,6H2,2H3,(H,18,19,21). The third-order valence-electron chi connectivity index (χ3n) is 2.54. The van der Waals surface area contributed by atoms with Crippen molar-refractivity contribution >= 4 is 29.2 Å². The Morgan fingerprint density at radius 1 is 1.33 bits per heavy atom. The molecule has 0 spiro atoms. The Balaban J connectivity index is 2.39. The average Bonchev–Trinajstić information content (AvgIpc) is 2.42. The zero-order valence-corrected chi connectivity index (χ0v) is 12.5. The molecule has 0 aliphatic heterocycles. The van der Waals surface area contributed by atoms with Gasteiger partial charge in [-0.05, 0) is 25.1 Å². The molecule has 1 heterocycles. The summed E-state index contributed by atoms with van der Waals surface area (Å²) in [5, 5.41) is 0.752. The van der Waals surface area contributed by atoms with E-state index < -0.39 is 5.69 Å². The zero-order valence-electron chi connectivity index (χ0n) is 11.0. The lowest BCUT2D eigenvalue weighted by Crippen LogP contribution is -2.30. The summed E-state index contributed by atoms with van der Waals surface area (Å²) < 4.78 is 1.33. The number of rotatable bonds is 4. The van der Waals surface area contributed by atoms with Gasteiger partial charge in [0.05, 0.1) is 22.3 Å². The van der Waals surface area contributed by atoms with Gasteiger partial charge in [-0.3, -0.25) is 5.43 Å². The summed E-state index contributed by atoms with van der Waals surface area (Å²) in [6.07, 6.45) is 5.10. The minimum absolute atomic E-state index is 0.143. The summed E-state index contributed by atoms with van der Waals surface area (Å²) in [6, 6.07) is 4.84. The van der Waals surface area contributed by atoms with E-state index >= 15 is 0 Å². The molecule has 1 aromatic carbocycles. The van der Waals surface area contributed by atoms with E-state index in [9.17, 15) is 4.79 Å². The number of hydrogen-bond donors (Lipinski definition) is 2. The van der Waals surface area contributed by atoms with Crippen LogP contribution in [0.2, 0.25) is 10.0 Å². The molecule has 1 aromatic heterocycles. The lowest BCUT2D eigenvalue weighted by Gasteiger charge is -2.11. The molecule has 8 heteroatoms. The van der Waals surface area contributed by atoms with E-state index in [4.69, 9.17) is 29.6 Å². The van der Waals surface area contributed by atoms with Gasteiger partial charge in [0.2, 0.25) is 5.95 Å². The fourth-order valence-electron chi connectivity index (χ4n) is 1.66. The summed E-state index contributed by atoms with van der Waals surface area (Å²) in [5.41, 5.74) is 5.38. The second-order valence-corrected chi connectivity index (χ2v) is 4.81. The maximum atomic E-state index is 12.1. The van der Waals surface area contributed by atoms with Gasteiger partial charge < -0.3 is 0 Å².